The summed E-state index contributed by atoms with van der Waals surface area (Å²) in [5.41, 5.74) is 0.682. The Morgan fingerprint density at radius 3 is 2.45 bits per heavy atom. The first-order valence-corrected chi connectivity index (χ1v) is 8.27. The minimum atomic E-state index is -0.389. The number of rotatable bonds is 7. The number of hydrogen-bond donors (Lipinski definition) is 2. The summed E-state index contributed by atoms with van der Waals surface area (Å²) in [7, 11) is 0. The molecule has 0 unspecified atom stereocenters. The highest BCUT2D eigenvalue weighted by Crippen LogP contribution is 2.66. The van der Waals surface area contributed by atoms with Gasteiger partial charge in [0.1, 0.15) is 0 Å². The molecule has 4 atom stereocenters. The maximum absolute atomic E-state index is 10.0. The van der Waals surface area contributed by atoms with Crippen LogP contribution in [0.1, 0.15) is 53.9 Å². The second-order valence-electron chi connectivity index (χ2n) is 8.14. The van der Waals surface area contributed by atoms with E-state index in [9.17, 15) is 5.11 Å². The van der Waals surface area contributed by atoms with E-state index < -0.39 is 0 Å². The molecule has 3 nitrogen and oxygen atoms in total. The molecule has 118 valence electrons. The lowest BCUT2D eigenvalue weighted by Gasteiger charge is -2.39. The van der Waals surface area contributed by atoms with Crippen LogP contribution in [-0.4, -0.2) is 37.0 Å². The highest BCUT2D eigenvalue weighted by Gasteiger charge is 2.61. The number of aliphatic hydroxyl groups is 1. The molecule has 0 radical (unpaired) electrons. The van der Waals surface area contributed by atoms with Crippen LogP contribution in [0.3, 0.4) is 0 Å². The van der Waals surface area contributed by atoms with Crippen LogP contribution in [0.4, 0.5) is 0 Å². The maximum Gasteiger partial charge on any atom is 0.0897 e. The number of fused-ring (bicyclic) bond motifs is 2. The van der Waals surface area contributed by atoms with Crippen LogP contribution in [0, 0.1) is 22.7 Å². The van der Waals surface area contributed by atoms with Crippen LogP contribution in [0.15, 0.2) is 0 Å². The van der Waals surface area contributed by atoms with E-state index >= 15 is 0 Å². The third-order valence-corrected chi connectivity index (χ3v) is 6.14. The van der Waals surface area contributed by atoms with Gasteiger partial charge in [0.25, 0.3) is 0 Å². The van der Waals surface area contributed by atoms with Gasteiger partial charge < -0.3 is 15.2 Å². The molecular formula is C17H33NO2. The average molecular weight is 283 g/mol. The SMILES string of the molecule is CC(C)CNC[C@@H](O)CO[C@H]1C[C@@H]2CC[C@]1(C)C2(C)C. The highest BCUT2D eigenvalue weighted by atomic mass is 16.5. The standard InChI is InChI=1S/C17H33NO2/c1-12(2)9-18-10-14(19)11-20-15-8-13-6-7-17(15,5)16(13,3)4/h12-15,18-19H,6-11H2,1-5H3/t13-,14+,15-,17-/m0/s1. The van der Waals surface area contributed by atoms with Crippen molar-refractivity contribution in [3.63, 3.8) is 0 Å². The molecule has 0 aromatic rings. The van der Waals surface area contributed by atoms with Crippen LogP contribution in [0.25, 0.3) is 0 Å². The molecule has 2 N–H and O–H groups in total. The van der Waals surface area contributed by atoms with Gasteiger partial charge in [-0.2, -0.15) is 0 Å². The quantitative estimate of drug-likeness (QED) is 0.755. The van der Waals surface area contributed by atoms with Gasteiger partial charge in [0.15, 0.2) is 0 Å². The summed E-state index contributed by atoms with van der Waals surface area (Å²) in [6.45, 7) is 13.6. The predicted octanol–water partition coefficient (Wildman–Crippen LogP) is 2.82. The third-order valence-electron chi connectivity index (χ3n) is 6.14. The lowest BCUT2D eigenvalue weighted by molar-refractivity contribution is -0.0742. The molecule has 0 amide bonds. The van der Waals surface area contributed by atoms with Crippen molar-refractivity contribution in [2.45, 2.75) is 66.1 Å². The summed E-state index contributed by atoms with van der Waals surface area (Å²) in [4.78, 5) is 0. The monoisotopic (exact) mass is 283 g/mol. The minimum Gasteiger partial charge on any atom is -0.389 e. The maximum atomic E-state index is 10.0. The molecule has 0 spiro atoms. The summed E-state index contributed by atoms with van der Waals surface area (Å²) in [6.07, 6.45) is 3.74. The summed E-state index contributed by atoms with van der Waals surface area (Å²) < 4.78 is 6.10. The van der Waals surface area contributed by atoms with Gasteiger partial charge >= 0.3 is 0 Å². The van der Waals surface area contributed by atoms with Crippen molar-refractivity contribution in [2.75, 3.05) is 19.7 Å². The molecular weight excluding hydrogens is 250 g/mol. The van der Waals surface area contributed by atoms with E-state index in [0.717, 1.165) is 12.5 Å². The van der Waals surface area contributed by atoms with Gasteiger partial charge in [-0.3, -0.25) is 0 Å². The van der Waals surface area contributed by atoms with Crippen LogP contribution >= 0.6 is 0 Å². The van der Waals surface area contributed by atoms with E-state index in [4.69, 9.17) is 4.74 Å². The summed E-state index contributed by atoms with van der Waals surface area (Å²) >= 11 is 0. The molecule has 2 aliphatic carbocycles. The van der Waals surface area contributed by atoms with Crippen molar-refractivity contribution in [1.82, 2.24) is 5.32 Å². The second-order valence-corrected chi connectivity index (χ2v) is 8.14. The van der Waals surface area contributed by atoms with E-state index in [2.05, 4.69) is 39.9 Å². The van der Waals surface area contributed by atoms with Crippen LogP contribution in [0.2, 0.25) is 0 Å². The van der Waals surface area contributed by atoms with Gasteiger partial charge in [-0.15, -0.1) is 0 Å². The molecule has 0 saturated heterocycles. The first-order valence-electron chi connectivity index (χ1n) is 8.27. The largest absolute Gasteiger partial charge is 0.389 e. The molecule has 2 bridgehead atoms. The van der Waals surface area contributed by atoms with Gasteiger partial charge in [0, 0.05) is 6.54 Å². The fourth-order valence-corrected chi connectivity index (χ4v) is 4.21. The smallest absolute Gasteiger partial charge is 0.0897 e. The lowest BCUT2D eigenvalue weighted by atomic mass is 9.70. The highest BCUT2D eigenvalue weighted by molar-refractivity contribution is 5.11. The zero-order valence-electron chi connectivity index (χ0n) is 13.9. The summed E-state index contributed by atoms with van der Waals surface area (Å²) in [5.74, 6) is 1.42. The number of ether oxygens (including phenoxy) is 1. The molecule has 2 rings (SSSR count). The molecule has 2 saturated carbocycles. The van der Waals surface area contributed by atoms with E-state index in [1.807, 2.05) is 0 Å². The fourth-order valence-electron chi connectivity index (χ4n) is 4.21. The van der Waals surface area contributed by atoms with E-state index in [1.54, 1.807) is 0 Å². The Labute approximate surface area is 124 Å². The Balaban J connectivity index is 1.75. The van der Waals surface area contributed by atoms with Gasteiger partial charge in [0.05, 0.1) is 18.8 Å². The van der Waals surface area contributed by atoms with Crippen molar-refractivity contribution in [3.05, 3.63) is 0 Å². The average Bonchev–Trinajstić information content (AvgIpc) is 2.68. The molecule has 2 aliphatic rings. The molecule has 0 heterocycles. The van der Waals surface area contributed by atoms with Crippen LogP contribution in [0.5, 0.6) is 0 Å². The third kappa shape index (κ3) is 2.90. The first-order chi connectivity index (χ1) is 9.27. The molecule has 20 heavy (non-hydrogen) atoms. The van der Waals surface area contributed by atoms with E-state index in [-0.39, 0.29) is 6.10 Å². The molecule has 0 aromatic carbocycles. The van der Waals surface area contributed by atoms with Crippen molar-refractivity contribution in [1.29, 1.82) is 0 Å². The zero-order valence-corrected chi connectivity index (χ0v) is 13.9. The minimum absolute atomic E-state index is 0.294. The molecule has 3 heteroatoms. The van der Waals surface area contributed by atoms with Gasteiger partial charge in [0.2, 0.25) is 0 Å². The van der Waals surface area contributed by atoms with Gasteiger partial charge in [-0.1, -0.05) is 34.6 Å². The number of nitrogens with one attached hydrogen (secondary N) is 1. The fraction of sp³-hybridized carbons (Fsp3) is 1.00. The van der Waals surface area contributed by atoms with Gasteiger partial charge in [-0.05, 0) is 48.5 Å². The predicted molar refractivity (Wildman–Crippen MR) is 82.7 cm³/mol. The van der Waals surface area contributed by atoms with Crippen LogP contribution in [-0.2, 0) is 4.74 Å². The summed E-state index contributed by atoms with van der Waals surface area (Å²) in [5, 5.41) is 13.3. The Kier molecular flexibility index (Phi) is 4.83. The van der Waals surface area contributed by atoms with Crippen LogP contribution < -0.4 is 5.32 Å². The Hall–Kier alpha value is -0.120. The van der Waals surface area contributed by atoms with Gasteiger partial charge in [-0.25, -0.2) is 0 Å². The number of aliphatic hydroxyl groups excluding tert-OH is 1. The Morgan fingerprint density at radius 2 is 1.95 bits per heavy atom. The summed E-state index contributed by atoms with van der Waals surface area (Å²) in [6, 6.07) is 0. The molecule has 0 aromatic heterocycles. The molecule has 0 aliphatic heterocycles. The van der Waals surface area contributed by atoms with E-state index in [0.29, 0.717) is 36.0 Å². The van der Waals surface area contributed by atoms with Crippen molar-refractivity contribution in [3.8, 4) is 0 Å². The van der Waals surface area contributed by atoms with Crippen molar-refractivity contribution in [2.24, 2.45) is 22.7 Å². The first kappa shape index (κ1) is 16.3. The van der Waals surface area contributed by atoms with E-state index in [1.165, 1.54) is 19.3 Å². The Morgan fingerprint density at radius 1 is 1.25 bits per heavy atom. The lowest BCUT2D eigenvalue weighted by Crippen LogP contribution is -2.40. The number of hydrogen-bond acceptors (Lipinski definition) is 3. The van der Waals surface area contributed by atoms with Crippen molar-refractivity contribution < 1.29 is 9.84 Å². The zero-order chi connectivity index (χ0) is 15.0. The topological polar surface area (TPSA) is 41.5 Å². The normalized spacial score (nSPS) is 36.8. The second kappa shape index (κ2) is 5.94. The van der Waals surface area contributed by atoms with Crippen molar-refractivity contribution >= 4 is 0 Å². The molecule has 2 fully saturated rings. The Bertz CT molecular complexity index is 329.